The normalized spacial score (nSPS) is 10.2. The van der Waals surface area contributed by atoms with Crippen molar-refractivity contribution in [2.45, 2.75) is 13.0 Å². The van der Waals surface area contributed by atoms with Gasteiger partial charge < -0.3 is 11.1 Å². The van der Waals surface area contributed by atoms with Crippen LogP contribution in [-0.4, -0.2) is 20.9 Å². The number of hydrazine groups is 1. The number of hydrogen-bond donors (Lipinski definition) is 4. The number of nitrogens with zero attached hydrogens (tertiary/aromatic N) is 3. The Morgan fingerprint density at radius 1 is 1.00 bits per heavy atom. The van der Waals surface area contributed by atoms with Gasteiger partial charge in [0.2, 0.25) is 5.91 Å². The van der Waals surface area contributed by atoms with Gasteiger partial charge in [0.25, 0.3) is 0 Å². The van der Waals surface area contributed by atoms with Crippen LogP contribution in [0.5, 0.6) is 0 Å². The van der Waals surface area contributed by atoms with E-state index in [1.54, 1.807) is 12.4 Å². The number of amides is 1. The number of anilines is 3. The predicted octanol–water partition coefficient (Wildman–Crippen LogP) is 1.75. The van der Waals surface area contributed by atoms with Crippen molar-refractivity contribution in [3.63, 3.8) is 0 Å². The summed E-state index contributed by atoms with van der Waals surface area (Å²) in [5.41, 5.74) is 13.6. The molecule has 8 heteroatoms. The van der Waals surface area contributed by atoms with E-state index in [4.69, 9.17) is 5.73 Å². The number of benzene rings is 1. The second-order valence-electron chi connectivity index (χ2n) is 5.53. The molecule has 0 atom stereocenters. The number of pyridine rings is 1. The summed E-state index contributed by atoms with van der Waals surface area (Å²) in [5.74, 6) is 0.609. The molecular weight excluding hydrogens is 330 g/mol. The van der Waals surface area contributed by atoms with E-state index in [0.29, 0.717) is 23.9 Å². The van der Waals surface area contributed by atoms with E-state index in [9.17, 15) is 4.79 Å². The molecule has 132 valence electrons. The third-order valence-electron chi connectivity index (χ3n) is 3.59. The van der Waals surface area contributed by atoms with Crippen molar-refractivity contribution in [2.24, 2.45) is 0 Å². The molecule has 0 bridgehead atoms. The first kappa shape index (κ1) is 17.2. The molecule has 8 nitrogen and oxygen atoms in total. The molecule has 0 aliphatic heterocycles. The van der Waals surface area contributed by atoms with Gasteiger partial charge in [-0.25, -0.2) is 9.97 Å². The molecule has 0 radical (unpaired) electrons. The van der Waals surface area contributed by atoms with Crippen molar-refractivity contribution in [2.75, 3.05) is 16.5 Å². The minimum absolute atomic E-state index is 0.195. The molecule has 3 aromatic rings. The molecule has 0 spiro atoms. The van der Waals surface area contributed by atoms with Gasteiger partial charge in [0, 0.05) is 18.9 Å². The fourth-order valence-corrected chi connectivity index (χ4v) is 2.28. The minimum Gasteiger partial charge on any atom is -0.393 e. The topological polar surface area (TPSA) is 118 Å². The largest absolute Gasteiger partial charge is 0.393 e. The maximum atomic E-state index is 12.0. The van der Waals surface area contributed by atoms with E-state index in [2.05, 4.69) is 31.1 Å². The van der Waals surface area contributed by atoms with Gasteiger partial charge in [0.15, 0.2) is 11.6 Å². The number of nitrogens with two attached hydrogens (primary N) is 1. The molecule has 26 heavy (non-hydrogen) atoms. The van der Waals surface area contributed by atoms with Crippen LogP contribution in [0.1, 0.15) is 11.1 Å². The van der Waals surface area contributed by atoms with Crippen LogP contribution in [0.3, 0.4) is 0 Å². The lowest BCUT2D eigenvalue weighted by atomic mass is 10.1. The lowest BCUT2D eigenvalue weighted by Crippen LogP contribution is -2.31. The molecule has 0 aliphatic rings. The van der Waals surface area contributed by atoms with Gasteiger partial charge in [-0.3, -0.25) is 20.6 Å². The Morgan fingerprint density at radius 3 is 2.54 bits per heavy atom. The van der Waals surface area contributed by atoms with Crippen LogP contribution >= 0.6 is 0 Å². The first-order chi connectivity index (χ1) is 12.7. The number of hydrogen-bond acceptors (Lipinski definition) is 7. The highest BCUT2D eigenvalue weighted by atomic mass is 16.2. The SMILES string of the molecule is Nc1c(NCc2cccnc2)ncnc1NNC(=O)Cc1ccccc1. The van der Waals surface area contributed by atoms with E-state index in [-0.39, 0.29) is 12.3 Å². The van der Waals surface area contributed by atoms with E-state index < -0.39 is 0 Å². The number of carbonyl (C=O) groups excluding carboxylic acids is 1. The van der Waals surface area contributed by atoms with Crippen molar-refractivity contribution in [1.29, 1.82) is 0 Å². The Morgan fingerprint density at radius 2 is 1.77 bits per heavy atom. The van der Waals surface area contributed by atoms with E-state index in [1.165, 1.54) is 6.33 Å². The summed E-state index contributed by atoms with van der Waals surface area (Å²) in [6.07, 6.45) is 5.09. The van der Waals surface area contributed by atoms with Crippen LogP contribution in [0.25, 0.3) is 0 Å². The number of carbonyl (C=O) groups is 1. The lowest BCUT2D eigenvalue weighted by molar-refractivity contribution is -0.119. The summed E-state index contributed by atoms with van der Waals surface area (Å²) in [5, 5.41) is 3.13. The van der Waals surface area contributed by atoms with Gasteiger partial charge in [-0.2, -0.15) is 0 Å². The molecule has 1 amide bonds. The predicted molar refractivity (Wildman–Crippen MR) is 99.9 cm³/mol. The highest BCUT2D eigenvalue weighted by molar-refractivity contribution is 5.81. The van der Waals surface area contributed by atoms with Crippen LogP contribution in [0.2, 0.25) is 0 Å². The molecule has 0 aliphatic carbocycles. The summed E-state index contributed by atoms with van der Waals surface area (Å²) >= 11 is 0. The fraction of sp³-hybridized carbons (Fsp3) is 0.111. The molecule has 0 fully saturated rings. The van der Waals surface area contributed by atoms with Crippen LogP contribution in [0, 0.1) is 0 Å². The van der Waals surface area contributed by atoms with Gasteiger partial charge in [-0.1, -0.05) is 36.4 Å². The average molecular weight is 349 g/mol. The molecule has 5 N–H and O–H groups in total. The second kappa shape index (κ2) is 8.43. The van der Waals surface area contributed by atoms with Gasteiger partial charge in [0.05, 0.1) is 6.42 Å². The van der Waals surface area contributed by atoms with Gasteiger partial charge >= 0.3 is 0 Å². The number of rotatable bonds is 7. The maximum Gasteiger partial charge on any atom is 0.242 e. The Kier molecular flexibility index (Phi) is 5.56. The summed E-state index contributed by atoms with van der Waals surface area (Å²) in [4.78, 5) is 24.3. The minimum atomic E-state index is -0.195. The molecule has 0 saturated heterocycles. The summed E-state index contributed by atoms with van der Waals surface area (Å²) in [7, 11) is 0. The second-order valence-corrected chi connectivity index (χ2v) is 5.53. The zero-order valence-corrected chi connectivity index (χ0v) is 14.0. The molecule has 2 aromatic heterocycles. The van der Waals surface area contributed by atoms with Crippen LogP contribution < -0.4 is 21.9 Å². The number of nitrogen functional groups attached to an aromatic ring is 1. The quantitative estimate of drug-likeness (QED) is 0.480. The van der Waals surface area contributed by atoms with Gasteiger partial charge in [-0.05, 0) is 17.2 Å². The van der Waals surface area contributed by atoms with E-state index in [1.807, 2.05) is 42.5 Å². The first-order valence-corrected chi connectivity index (χ1v) is 8.04. The molecule has 1 aromatic carbocycles. The standard InChI is InChI=1S/C18H19N7O/c19-16-17(21-11-14-7-4-8-20-10-14)22-12-23-18(16)25-24-15(26)9-13-5-2-1-3-6-13/h1-8,10,12H,9,11,19H2,(H,24,26)(H2,21,22,23,25). The van der Waals surface area contributed by atoms with Gasteiger partial charge in [-0.15, -0.1) is 0 Å². The highest BCUT2D eigenvalue weighted by Crippen LogP contribution is 2.22. The van der Waals surface area contributed by atoms with Crippen molar-refractivity contribution in [1.82, 2.24) is 20.4 Å². The third kappa shape index (κ3) is 4.67. The van der Waals surface area contributed by atoms with Gasteiger partial charge in [0.1, 0.15) is 12.0 Å². The fourth-order valence-electron chi connectivity index (χ4n) is 2.28. The Bertz CT molecular complexity index is 856. The number of nitrogens with one attached hydrogen (secondary N) is 3. The van der Waals surface area contributed by atoms with Crippen molar-refractivity contribution >= 4 is 23.2 Å². The third-order valence-corrected chi connectivity index (χ3v) is 3.59. The van der Waals surface area contributed by atoms with Crippen LogP contribution in [-0.2, 0) is 17.8 Å². The highest BCUT2D eigenvalue weighted by Gasteiger charge is 2.09. The maximum absolute atomic E-state index is 12.0. The zero-order valence-electron chi connectivity index (χ0n) is 14.0. The van der Waals surface area contributed by atoms with E-state index >= 15 is 0 Å². The van der Waals surface area contributed by atoms with Crippen molar-refractivity contribution in [3.05, 3.63) is 72.3 Å². The summed E-state index contributed by atoms with van der Waals surface area (Å²) in [6, 6.07) is 13.3. The lowest BCUT2D eigenvalue weighted by Gasteiger charge is -2.13. The number of aromatic nitrogens is 3. The Labute approximate surface area is 150 Å². The molecular formula is C18H19N7O. The van der Waals surface area contributed by atoms with Crippen LogP contribution in [0.15, 0.2) is 61.2 Å². The average Bonchev–Trinajstić information content (AvgIpc) is 2.68. The smallest absolute Gasteiger partial charge is 0.242 e. The zero-order chi connectivity index (χ0) is 18.2. The summed E-state index contributed by atoms with van der Waals surface area (Å²) in [6.45, 7) is 0.523. The van der Waals surface area contributed by atoms with Crippen molar-refractivity contribution < 1.29 is 4.79 Å². The van der Waals surface area contributed by atoms with Crippen LogP contribution in [0.4, 0.5) is 17.3 Å². The molecule has 3 rings (SSSR count). The summed E-state index contributed by atoms with van der Waals surface area (Å²) < 4.78 is 0. The van der Waals surface area contributed by atoms with Crippen molar-refractivity contribution in [3.8, 4) is 0 Å². The molecule has 0 unspecified atom stereocenters. The van der Waals surface area contributed by atoms with E-state index in [0.717, 1.165) is 11.1 Å². The molecule has 2 heterocycles. The Balaban J connectivity index is 1.57. The Hall–Kier alpha value is -3.68. The monoisotopic (exact) mass is 349 g/mol. The molecule has 0 saturated carbocycles. The first-order valence-electron chi connectivity index (χ1n) is 8.04.